The van der Waals surface area contributed by atoms with Gasteiger partial charge in [0.25, 0.3) is 0 Å². The number of anilines is 1. The van der Waals surface area contributed by atoms with Gasteiger partial charge in [-0.05, 0) is 20.3 Å². The molecule has 0 spiro atoms. The average molecular weight is 234 g/mol. The Kier molecular flexibility index (Phi) is 3.62. The summed E-state index contributed by atoms with van der Waals surface area (Å²) in [5, 5.41) is 3.43. The third kappa shape index (κ3) is 2.75. The smallest absolute Gasteiger partial charge is 0.132 e. The van der Waals surface area contributed by atoms with E-state index >= 15 is 0 Å². The van der Waals surface area contributed by atoms with Gasteiger partial charge in [0, 0.05) is 36.9 Å². The van der Waals surface area contributed by atoms with Crippen molar-refractivity contribution in [2.75, 3.05) is 24.5 Å². The highest BCUT2D eigenvalue weighted by Gasteiger charge is 2.30. The zero-order valence-corrected chi connectivity index (χ0v) is 11.0. The lowest BCUT2D eigenvalue weighted by Gasteiger charge is -2.43. The third-order valence-electron chi connectivity index (χ3n) is 3.29. The number of hydrogen-bond donors (Lipinski definition) is 1. The molecule has 1 fully saturated rings. The lowest BCUT2D eigenvalue weighted by Crippen LogP contribution is -2.58. The zero-order chi connectivity index (χ0) is 12.3. The first kappa shape index (κ1) is 12.3. The van der Waals surface area contributed by atoms with Crippen LogP contribution in [0.4, 0.5) is 5.82 Å². The van der Waals surface area contributed by atoms with Gasteiger partial charge < -0.3 is 10.2 Å². The second-order valence-corrected chi connectivity index (χ2v) is 5.26. The van der Waals surface area contributed by atoms with Crippen molar-refractivity contribution in [2.45, 2.75) is 39.2 Å². The molecule has 0 radical (unpaired) electrons. The molecule has 0 unspecified atom stereocenters. The first-order valence-corrected chi connectivity index (χ1v) is 6.43. The first-order chi connectivity index (χ1) is 8.13. The zero-order valence-electron chi connectivity index (χ0n) is 11.0. The lowest BCUT2D eigenvalue weighted by molar-refractivity contribution is 0.377. The van der Waals surface area contributed by atoms with Gasteiger partial charge >= 0.3 is 0 Å². The molecule has 94 valence electrons. The summed E-state index contributed by atoms with van der Waals surface area (Å²) in [4.78, 5) is 11.1. The molecule has 1 aromatic rings. The maximum absolute atomic E-state index is 4.43. The SMILES string of the molecule is CCCc1cc(N2CCNCC2(C)C)ncn1. The quantitative estimate of drug-likeness (QED) is 0.863. The van der Waals surface area contributed by atoms with Crippen LogP contribution in [0.5, 0.6) is 0 Å². The second-order valence-electron chi connectivity index (χ2n) is 5.26. The Morgan fingerprint density at radius 2 is 2.24 bits per heavy atom. The summed E-state index contributed by atoms with van der Waals surface area (Å²) < 4.78 is 0. The number of hydrogen-bond acceptors (Lipinski definition) is 4. The highest BCUT2D eigenvalue weighted by molar-refractivity contribution is 5.43. The van der Waals surface area contributed by atoms with E-state index in [4.69, 9.17) is 0 Å². The van der Waals surface area contributed by atoms with E-state index in [-0.39, 0.29) is 5.54 Å². The fourth-order valence-electron chi connectivity index (χ4n) is 2.33. The highest BCUT2D eigenvalue weighted by atomic mass is 15.3. The van der Waals surface area contributed by atoms with Gasteiger partial charge in [0.2, 0.25) is 0 Å². The van der Waals surface area contributed by atoms with Gasteiger partial charge in [0.15, 0.2) is 0 Å². The Morgan fingerprint density at radius 3 is 2.94 bits per heavy atom. The Morgan fingerprint density at radius 1 is 1.41 bits per heavy atom. The Balaban J connectivity index is 2.23. The number of piperazine rings is 1. The molecule has 1 aliphatic rings. The predicted molar refractivity (Wildman–Crippen MR) is 70.3 cm³/mol. The molecular weight excluding hydrogens is 212 g/mol. The largest absolute Gasteiger partial charge is 0.349 e. The summed E-state index contributed by atoms with van der Waals surface area (Å²) in [6.07, 6.45) is 3.85. The van der Waals surface area contributed by atoms with E-state index in [1.807, 2.05) is 0 Å². The van der Waals surface area contributed by atoms with Gasteiger partial charge in [0.1, 0.15) is 12.1 Å². The molecule has 2 heterocycles. The molecule has 0 saturated carbocycles. The van der Waals surface area contributed by atoms with Crippen molar-refractivity contribution >= 4 is 5.82 Å². The molecule has 4 nitrogen and oxygen atoms in total. The van der Waals surface area contributed by atoms with Crippen molar-refractivity contribution in [1.82, 2.24) is 15.3 Å². The van der Waals surface area contributed by atoms with Crippen molar-refractivity contribution in [2.24, 2.45) is 0 Å². The predicted octanol–water partition coefficient (Wildman–Crippen LogP) is 1.62. The average Bonchev–Trinajstić information content (AvgIpc) is 2.29. The van der Waals surface area contributed by atoms with Gasteiger partial charge in [-0.15, -0.1) is 0 Å². The second kappa shape index (κ2) is 5.00. The van der Waals surface area contributed by atoms with E-state index in [0.717, 1.165) is 44.0 Å². The van der Waals surface area contributed by atoms with Crippen molar-refractivity contribution in [3.63, 3.8) is 0 Å². The molecule has 17 heavy (non-hydrogen) atoms. The topological polar surface area (TPSA) is 41.0 Å². The normalized spacial score (nSPS) is 19.4. The van der Waals surface area contributed by atoms with Crippen LogP contribution >= 0.6 is 0 Å². The molecule has 4 heteroatoms. The summed E-state index contributed by atoms with van der Waals surface area (Å²) in [7, 11) is 0. The fraction of sp³-hybridized carbons (Fsp3) is 0.692. The summed E-state index contributed by atoms with van der Waals surface area (Å²) in [5.41, 5.74) is 1.27. The summed E-state index contributed by atoms with van der Waals surface area (Å²) in [5.74, 6) is 1.06. The summed E-state index contributed by atoms with van der Waals surface area (Å²) in [6, 6.07) is 2.14. The van der Waals surface area contributed by atoms with E-state index in [0.29, 0.717) is 0 Å². The molecule has 0 aromatic carbocycles. The van der Waals surface area contributed by atoms with Crippen LogP contribution < -0.4 is 10.2 Å². The molecule has 2 rings (SSSR count). The standard InChI is InChI=1S/C13H22N4/c1-4-5-11-8-12(16-10-15-11)17-7-6-14-9-13(17,2)3/h8,10,14H,4-7,9H2,1-3H3. The van der Waals surface area contributed by atoms with E-state index in [9.17, 15) is 0 Å². The molecular formula is C13H22N4. The van der Waals surface area contributed by atoms with Crippen molar-refractivity contribution in [1.29, 1.82) is 0 Å². The number of aryl methyl sites for hydroxylation is 1. The number of rotatable bonds is 3. The number of aromatic nitrogens is 2. The molecule has 0 amide bonds. The van der Waals surface area contributed by atoms with Crippen molar-refractivity contribution in [3.8, 4) is 0 Å². The van der Waals surface area contributed by atoms with E-state index in [2.05, 4.69) is 47.0 Å². The van der Waals surface area contributed by atoms with Gasteiger partial charge in [-0.3, -0.25) is 0 Å². The van der Waals surface area contributed by atoms with E-state index < -0.39 is 0 Å². The van der Waals surface area contributed by atoms with E-state index in [1.165, 1.54) is 0 Å². The molecule has 1 N–H and O–H groups in total. The van der Waals surface area contributed by atoms with Gasteiger partial charge in [-0.2, -0.15) is 0 Å². The van der Waals surface area contributed by atoms with Crippen LogP contribution in [-0.4, -0.2) is 35.1 Å². The molecule has 0 atom stereocenters. The minimum absolute atomic E-state index is 0.121. The fourth-order valence-corrected chi connectivity index (χ4v) is 2.33. The Bertz CT molecular complexity index is 375. The summed E-state index contributed by atoms with van der Waals surface area (Å²) in [6.45, 7) is 9.71. The number of nitrogens with zero attached hydrogens (tertiary/aromatic N) is 3. The van der Waals surface area contributed by atoms with Crippen LogP contribution in [-0.2, 0) is 6.42 Å². The monoisotopic (exact) mass is 234 g/mol. The van der Waals surface area contributed by atoms with Crippen LogP contribution in [0.2, 0.25) is 0 Å². The molecule has 1 aliphatic heterocycles. The van der Waals surface area contributed by atoms with Gasteiger partial charge in [0.05, 0.1) is 0 Å². The highest BCUT2D eigenvalue weighted by Crippen LogP contribution is 2.23. The van der Waals surface area contributed by atoms with Crippen LogP contribution in [0.25, 0.3) is 0 Å². The molecule has 0 aliphatic carbocycles. The minimum atomic E-state index is 0.121. The van der Waals surface area contributed by atoms with Crippen LogP contribution in [0, 0.1) is 0 Å². The molecule has 1 aromatic heterocycles. The minimum Gasteiger partial charge on any atom is -0.349 e. The van der Waals surface area contributed by atoms with Gasteiger partial charge in [-0.1, -0.05) is 13.3 Å². The van der Waals surface area contributed by atoms with Crippen LogP contribution in [0.15, 0.2) is 12.4 Å². The van der Waals surface area contributed by atoms with Crippen LogP contribution in [0.3, 0.4) is 0 Å². The lowest BCUT2D eigenvalue weighted by atomic mass is 10.00. The summed E-state index contributed by atoms with van der Waals surface area (Å²) >= 11 is 0. The molecule has 0 bridgehead atoms. The Hall–Kier alpha value is -1.16. The van der Waals surface area contributed by atoms with Crippen molar-refractivity contribution < 1.29 is 0 Å². The number of nitrogens with one attached hydrogen (secondary N) is 1. The van der Waals surface area contributed by atoms with Crippen LogP contribution in [0.1, 0.15) is 32.9 Å². The van der Waals surface area contributed by atoms with Crippen molar-refractivity contribution in [3.05, 3.63) is 18.1 Å². The maximum Gasteiger partial charge on any atom is 0.132 e. The first-order valence-electron chi connectivity index (χ1n) is 6.43. The van der Waals surface area contributed by atoms with E-state index in [1.54, 1.807) is 6.33 Å². The third-order valence-corrected chi connectivity index (χ3v) is 3.29. The maximum atomic E-state index is 4.43. The van der Waals surface area contributed by atoms with Gasteiger partial charge in [-0.25, -0.2) is 9.97 Å². The molecule has 1 saturated heterocycles. The Labute approximate surface area is 103 Å².